The number of aryl methyl sites for hydroxylation is 1. The fourth-order valence-electron chi connectivity index (χ4n) is 4.01. The van der Waals surface area contributed by atoms with Gasteiger partial charge in [0.15, 0.2) is 0 Å². The molecule has 0 saturated carbocycles. The van der Waals surface area contributed by atoms with Crippen LogP contribution in [-0.2, 0) is 26.2 Å². The smallest absolute Gasteiger partial charge is 0.269 e. The van der Waals surface area contributed by atoms with Gasteiger partial charge in [-0.1, -0.05) is 48.9 Å². The minimum Gasteiger partial charge on any atom is -0.355 e. The fourth-order valence-corrected chi connectivity index (χ4v) is 5.58. The minimum absolute atomic E-state index is 0.0483. The summed E-state index contributed by atoms with van der Waals surface area (Å²) < 4.78 is 26.4. The highest BCUT2D eigenvalue weighted by molar-refractivity contribution is 7.90. The molecule has 1 aliphatic rings. The summed E-state index contributed by atoms with van der Waals surface area (Å²) in [5.41, 5.74) is 2.00. The van der Waals surface area contributed by atoms with E-state index in [9.17, 15) is 22.8 Å². The van der Waals surface area contributed by atoms with E-state index < -0.39 is 27.9 Å². The lowest BCUT2D eigenvalue weighted by atomic mass is 10.1. The highest BCUT2D eigenvalue weighted by atomic mass is 32.2. The summed E-state index contributed by atoms with van der Waals surface area (Å²) in [4.78, 5) is 40.1. The molecule has 3 rings (SSSR count). The first kappa shape index (κ1) is 24.4. The van der Waals surface area contributed by atoms with Crippen molar-refractivity contribution in [1.29, 1.82) is 0 Å². The van der Waals surface area contributed by atoms with E-state index in [2.05, 4.69) is 5.32 Å². The number of hydrogen-bond donors (Lipinski definition) is 1. The standard InChI is InChI=1S/C24H29N3O5S/c1-4-20(23(29)25-5-2)26(16-18-10-8-9-17(3)15-18)22(28)13-14-27-24(30)19-11-6-7-12-21(19)33(27,31)32/h6-12,15,20H,4-5,13-14,16H2,1-3H3,(H,25,29)/t20-/m1/s1. The molecule has 0 aliphatic carbocycles. The number of nitrogens with one attached hydrogen (secondary N) is 1. The topological polar surface area (TPSA) is 104 Å². The number of hydrogen-bond acceptors (Lipinski definition) is 5. The number of fused-ring (bicyclic) bond motifs is 1. The lowest BCUT2D eigenvalue weighted by molar-refractivity contribution is -0.141. The first-order valence-corrected chi connectivity index (χ1v) is 12.4. The highest BCUT2D eigenvalue weighted by Crippen LogP contribution is 2.30. The number of sulfonamides is 1. The van der Waals surface area contributed by atoms with Crippen LogP contribution in [0.25, 0.3) is 0 Å². The molecular formula is C24H29N3O5S. The molecule has 33 heavy (non-hydrogen) atoms. The van der Waals surface area contributed by atoms with Gasteiger partial charge in [0.2, 0.25) is 11.8 Å². The molecule has 3 amide bonds. The third kappa shape index (κ3) is 5.08. The SMILES string of the molecule is CCNC(=O)[C@@H](CC)N(Cc1cccc(C)c1)C(=O)CCN1C(=O)c2ccccc2S1(=O)=O. The molecule has 0 aromatic heterocycles. The van der Waals surface area contributed by atoms with Crippen molar-refractivity contribution in [3.63, 3.8) is 0 Å². The Morgan fingerprint density at radius 2 is 1.82 bits per heavy atom. The summed E-state index contributed by atoms with van der Waals surface area (Å²) in [5.74, 6) is -1.30. The average Bonchev–Trinajstić information content (AvgIpc) is 2.97. The summed E-state index contributed by atoms with van der Waals surface area (Å²) >= 11 is 0. The van der Waals surface area contributed by atoms with Gasteiger partial charge in [-0.15, -0.1) is 0 Å². The first-order chi connectivity index (χ1) is 15.7. The van der Waals surface area contributed by atoms with Gasteiger partial charge in [-0.25, -0.2) is 12.7 Å². The van der Waals surface area contributed by atoms with E-state index in [-0.39, 0.29) is 35.9 Å². The van der Waals surface area contributed by atoms with Gasteiger partial charge in [-0.05, 0) is 38.0 Å². The second-order valence-electron chi connectivity index (χ2n) is 7.96. The molecule has 8 nitrogen and oxygen atoms in total. The van der Waals surface area contributed by atoms with Gasteiger partial charge in [0.05, 0.1) is 5.56 Å². The summed E-state index contributed by atoms with van der Waals surface area (Å²) in [6, 6.07) is 12.9. The average molecular weight is 472 g/mol. The molecule has 0 saturated heterocycles. The van der Waals surface area contributed by atoms with Gasteiger partial charge < -0.3 is 10.2 Å². The molecule has 2 aromatic carbocycles. The molecule has 0 unspecified atom stereocenters. The monoisotopic (exact) mass is 471 g/mol. The molecule has 0 radical (unpaired) electrons. The van der Waals surface area contributed by atoms with Crippen LogP contribution in [0.5, 0.6) is 0 Å². The van der Waals surface area contributed by atoms with Crippen molar-refractivity contribution in [1.82, 2.24) is 14.5 Å². The zero-order chi connectivity index (χ0) is 24.2. The van der Waals surface area contributed by atoms with Gasteiger partial charge in [0.25, 0.3) is 15.9 Å². The number of nitrogens with zero attached hydrogens (tertiary/aromatic N) is 2. The van der Waals surface area contributed by atoms with Crippen molar-refractivity contribution < 1.29 is 22.8 Å². The second kappa shape index (κ2) is 10.2. The number of carbonyl (C=O) groups is 3. The molecule has 1 atom stereocenters. The van der Waals surface area contributed by atoms with Crippen molar-refractivity contribution in [2.45, 2.75) is 51.1 Å². The Hall–Kier alpha value is -3.20. The van der Waals surface area contributed by atoms with Crippen LogP contribution in [0, 0.1) is 6.92 Å². The van der Waals surface area contributed by atoms with Crippen LogP contribution >= 0.6 is 0 Å². The Kier molecular flexibility index (Phi) is 7.53. The molecule has 0 fully saturated rings. The molecule has 0 bridgehead atoms. The van der Waals surface area contributed by atoms with Crippen LogP contribution in [0.2, 0.25) is 0 Å². The third-order valence-electron chi connectivity index (χ3n) is 5.61. The van der Waals surface area contributed by atoms with Gasteiger partial charge in [-0.3, -0.25) is 14.4 Å². The van der Waals surface area contributed by atoms with E-state index in [1.807, 2.05) is 38.1 Å². The van der Waals surface area contributed by atoms with Crippen molar-refractivity contribution in [3.05, 3.63) is 65.2 Å². The number of amides is 3. The van der Waals surface area contributed by atoms with Crippen LogP contribution in [0.3, 0.4) is 0 Å². The predicted octanol–water partition coefficient (Wildman–Crippen LogP) is 2.47. The van der Waals surface area contributed by atoms with Crippen LogP contribution < -0.4 is 5.32 Å². The maximum Gasteiger partial charge on any atom is 0.269 e. The summed E-state index contributed by atoms with van der Waals surface area (Å²) in [6.07, 6.45) is 0.177. The van der Waals surface area contributed by atoms with Gasteiger partial charge in [0, 0.05) is 26.1 Å². The number of rotatable bonds is 9. The number of likely N-dealkylation sites (N-methyl/N-ethyl adjacent to an activating group) is 1. The van der Waals surface area contributed by atoms with Crippen LogP contribution in [0.4, 0.5) is 0 Å². The number of benzene rings is 2. The Bertz CT molecular complexity index is 1160. The Labute approximate surface area is 194 Å². The second-order valence-corrected chi connectivity index (χ2v) is 9.79. The molecule has 0 spiro atoms. The van der Waals surface area contributed by atoms with Crippen molar-refractivity contribution in [2.24, 2.45) is 0 Å². The van der Waals surface area contributed by atoms with Crippen molar-refractivity contribution in [2.75, 3.05) is 13.1 Å². The quantitative estimate of drug-likeness (QED) is 0.605. The highest BCUT2D eigenvalue weighted by Gasteiger charge is 2.41. The zero-order valence-electron chi connectivity index (χ0n) is 19.1. The van der Waals surface area contributed by atoms with Crippen LogP contribution in [-0.4, -0.2) is 54.5 Å². The van der Waals surface area contributed by atoms with Crippen molar-refractivity contribution in [3.8, 4) is 0 Å². The molecular weight excluding hydrogens is 442 g/mol. The third-order valence-corrected chi connectivity index (χ3v) is 7.45. The van der Waals surface area contributed by atoms with Gasteiger partial charge >= 0.3 is 0 Å². The summed E-state index contributed by atoms with van der Waals surface area (Å²) in [5, 5.41) is 2.77. The Balaban J connectivity index is 1.83. The maximum atomic E-state index is 13.3. The molecule has 176 valence electrons. The minimum atomic E-state index is -4.00. The summed E-state index contributed by atoms with van der Waals surface area (Å²) in [6.45, 7) is 5.92. The lowest BCUT2D eigenvalue weighted by Crippen LogP contribution is -2.49. The molecule has 2 aromatic rings. The molecule has 1 heterocycles. The zero-order valence-corrected chi connectivity index (χ0v) is 19.9. The molecule has 1 aliphatic heterocycles. The van der Waals surface area contributed by atoms with E-state index in [0.29, 0.717) is 13.0 Å². The van der Waals surface area contributed by atoms with E-state index in [4.69, 9.17) is 0 Å². The first-order valence-electron chi connectivity index (χ1n) is 11.0. The number of carbonyl (C=O) groups excluding carboxylic acids is 3. The van der Waals surface area contributed by atoms with E-state index in [1.165, 1.54) is 17.0 Å². The predicted molar refractivity (Wildman–Crippen MR) is 124 cm³/mol. The van der Waals surface area contributed by atoms with Gasteiger partial charge in [-0.2, -0.15) is 0 Å². The Morgan fingerprint density at radius 1 is 1.09 bits per heavy atom. The van der Waals surface area contributed by atoms with E-state index in [1.54, 1.807) is 19.1 Å². The van der Waals surface area contributed by atoms with Crippen LogP contribution in [0.15, 0.2) is 53.4 Å². The maximum absolute atomic E-state index is 13.3. The summed E-state index contributed by atoms with van der Waals surface area (Å²) in [7, 11) is -4.00. The normalized spacial score (nSPS) is 15.1. The van der Waals surface area contributed by atoms with Gasteiger partial charge in [0.1, 0.15) is 10.9 Å². The molecule has 9 heteroatoms. The van der Waals surface area contributed by atoms with E-state index >= 15 is 0 Å². The molecule has 1 N–H and O–H groups in total. The van der Waals surface area contributed by atoms with Crippen molar-refractivity contribution >= 4 is 27.7 Å². The fraction of sp³-hybridized carbons (Fsp3) is 0.375. The Morgan fingerprint density at radius 3 is 2.45 bits per heavy atom. The van der Waals surface area contributed by atoms with Crippen LogP contribution in [0.1, 0.15) is 48.2 Å². The van der Waals surface area contributed by atoms with E-state index in [0.717, 1.165) is 15.4 Å². The lowest BCUT2D eigenvalue weighted by Gasteiger charge is -2.31. The largest absolute Gasteiger partial charge is 0.355 e.